The van der Waals surface area contributed by atoms with Gasteiger partial charge in [-0.05, 0) is 24.8 Å². The second kappa shape index (κ2) is 6.43. The number of anilines is 1. The molecule has 2 aromatic rings. The van der Waals surface area contributed by atoms with Crippen LogP contribution in [0.4, 0.5) is 10.3 Å². The van der Waals surface area contributed by atoms with Crippen molar-refractivity contribution < 1.29 is 9.18 Å². The Morgan fingerprint density at radius 1 is 1.16 bits per heavy atom. The van der Waals surface area contributed by atoms with Gasteiger partial charge in [0.15, 0.2) is 5.82 Å². The Hall–Kier alpha value is -2.50. The fraction of sp³-hybridized carbons (Fsp3) is 0.421. The molecule has 1 amide bonds. The van der Waals surface area contributed by atoms with E-state index >= 15 is 0 Å². The van der Waals surface area contributed by atoms with Crippen molar-refractivity contribution in [2.45, 2.75) is 19.3 Å². The van der Waals surface area contributed by atoms with E-state index < -0.39 is 5.82 Å². The Morgan fingerprint density at radius 3 is 2.56 bits per heavy atom. The molecule has 5 nitrogen and oxygen atoms in total. The minimum atomic E-state index is -0.437. The van der Waals surface area contributed by atoms with Gasteiger partial charge < -0.3 is 9.80 Å². The van der Waals surface area contributed by atoms with Crippen LogP contribution in [0.5, 0.6) is 0 Å². The number of halogens is 1. The van der Waals surface area contributed by atoms with Gasteiger partial charge in [-0.3, -0.25) is 4.79 Å². The summed E-state index contributed by atoms with van der Waals surface area (Å²) in [5.41, 5.74) is 2.51. The molecule has 2 fully saturated rings. The lowest BCUT2D eigenvalue weighted by Gasteiger charge is -2.34. The summed E-state index contributed by atoms with van der Waals surface area (Å²) >= 11 is 0. The number of amides is 1. The predicted molar refractivity (Wildman–Crippen MR) is 92.8 cm³/mol. The minimum absolute atomic E-state index is 0.121. The summed E-state index contributed by atoms with van der Waals surface area (Å²) in [6.45, 7) is 4.77. The van der Waals surface area contributed by atoms with Crippen LogP contribution in [0.25, 0.3) is 0 Å². The summed E-state index contributed by atoms with van der Waals surface area (Å²) in [6, 6.07) is 8.45. The van der Waals surface area contributed by atoms with Crippen molar-refractivity contribution in [1.29, 1.82) is 0 Å². The van der Waals surface area contributed by atoms with E-state index in [-0.39, 0.29) is 11.8 Å². The van der Waals surface area contributed by atoms with E-state index in [4.69, 9.17) is 0 Å². The number of benzene rings is 1. The van der Waals surface area contributed by atoms with Gasteiger partial charge in [0.2, 0.25) is 11.9 Å². The molecule has 1 saturated heterocycles. The molecule has 0 N–H and O–H groups in total. The lowest BCUT2D eigenvalue weighted by molar-refractivity contribution is -0.133. The molecule has 6 heteroatoms. The topological polar surface area (TPSA) is 49.3 Å². The average molecular weight is 340 g/mol. The van der Waals surface area contributed by atoms with Crippen molar-refractivity contribution in [1.82, 2.24) is 14.9 Å². The van der Waals surface area contributed by atoms with Gasteiger partial charge in [-0.1, -0.05) is 29.8 Å². The van der Waals surface area contributed by atoms with Crippen molar-refractivity contribution >= 4 is 11.9 Å². The van der Waals surface area contributed by atoms with Crippen LogP contribution < -0.4 is 4.90 Å². The molecule has 0 unspecified atom stereocenters. The van der Waals surface area contributed by atoms with Gasteiger partial charge in [0.25, 0.3) is 0 Å². The zero-order chi connectivity index (χ0) is 17.4. The van der Waals surface area contributed by atoms with Crippen molar-refractivity contribution in [3.63, 3.8) is 0 Å². The smallest absolute Gasteiger partial charge is 0.226 e. The maximum Gasteiger partial charge on any atom is 0.226 e. The second-order valence-corrected chi connectivity index (χ2v) is 6.88. The van der Waals surface area contributed by atoms with E-state index in [0.717, 1.165) is 6.42 Å². The third-order valence-electron chi connectivity index (χ3n) is 5.06. The molecule has 25 heavy (non-hydrogen) atoms. The van der Waals surface area contributed by atoms with Crippen LogP contribution >= 0.6 is 0 Å². The monoisotopic (exact) mass is 340 g/mol. The van der Waals surface area contributed by atoms with Gasteiger partial charge in [-0.25, -0.2) is 14.4 Å². The normalized spacial score (nSPS) is 22.8. The maximum atomic E-state index is 12.9. The molecule has 1 aromatic carbocycles. The number of rotatable bonds is 3. The van der Waals surface area contributed by atoms with Gasteiger partial charge in [-0.2, -0.15) is 0 Å². The van der Waals surface area contributed by atoms with Crippen LogP contribution in [-0.2, 0) is 4.79 Å². The average Bonchev–Trinajstić information content (AvgIpc) is 3.43. The molecule has 2 aliphatic rings. The first-order chi connectivity index (χ1) is 12.1. The minimum Gasteiger partial charge on any atom is -0.339 e. The van der Waals surface area contributed by atoms with Crippen LogP contribution in [0.1, 0.15) is 23.5 Å². The van der Waals surface area contributed by atoms with Crippen molar-refractivity contribution in [3.05, 3.63) is 53.6 Å². The number of aromatic nitrogens is 2. The number of piperazine rings is 1. The summed E-state index contributed by atoms with van der Waals surface area (Å²) in [7, 11) is 0. The Labute approximate surface area is 146 Å². The van der Waals surface area contributed by atoms with E-state index in [1.54, 1.807) is 0 Å². The Bertz CT molecular complexity index is 771. The standard InChI is InChI=1S/C19H21FN4O/c1-13-3-2-4-14(9-13)16-10-17(16)18(25)23-5-7-24(8-6-23)19-21-11-15(20)12-22-19/h2-4,9,11-12,16-17H,5-8,10H2,1H3/t16-,17-/m1/s1. The van der Waals surface area contributed by atoms with E-state index in [9.17, 15) is 9.18 Å². The number of hydrogen-bond donors (Lipinski definition) is 0. The molecule has 1 aliphatic carbocycles. The third kappa shape index (κ3) is 3.34. The van der Waals surface area contributed by atoms with Crippen molar-refractivity contribution in [2.75, 3.05) is 31.1 Å². The molecule has 130 valence electrons. The maximum absolute atomic E-state index is 12.9. The lowest BCUT2D eigenvalue weighted by Crippen LogP contribution is -2.49. The van der Waals surface area contributed by atoms with Gasteiger partial charge in [-0.15, -0.1) is 0 Å². The molecule has 0 bridgehead atoms. The van der Waals surface area contributed by atoms with Gasteiger partial charge in [0.05, 0.1) is 12.4 Å². The third-order valence-corrected chi connectivity index (χ3v) is 5.06. The quantitative estimate of drug-likeness (QED) is 0.861. The first kappa shape index (κ1) is 16.0. The number of aryl methyl sites for hydroxylation is 1. The van der Waals surface area contributed by atoms with Gasteiger partial charge in [0, 0.05) is 32.1 Å². The van der Waals surface area contributed by atoms with Gasteiger partial charge in [0.1, 0.15) is 0 Å². The Kier molecular flexibility index (Phi) is 4.11. The van der Waals surface area contributed by atoms with E-state index in [1.165, 1.54) is 23.5 Å². The fourth-order valence-corrected chi connectivity index (χ4v) is 3.57. The zero-order valence-electron chi connectivity index (χ0n) is 14.2. The number of carbonyl (C=O) groups is 1. The first-order valence-corrected chi connectivity index (χ1v) is 8.69. The van der Waals surface area contributed by atoms with E-state index in [2.05, 4.69) is 41.2 Å². The zero-order valence-corrected chi connectivity index (χ0v) is 14.2. The molecule has 1 aliphatic heterocycles. The highest BCUT2D eigenvalue weighted by Crippen LogP contribution is 2.48. The summed E-state index contributed by atoms with van der Waals surface area (Å²) in [5.74, 6) is 0.832. The summed E-state index contributed by atoms with van der Waals surface area (Å²) in [4.78, 5) is 24.7. The first-order valence-electron chi connectivity index (χ1n) is 8.69. The summed E-state index contributed by atoms with van der Waals surface area (Å²) in [6.07, 6.45) is 3.30. The lowest BCUT2D eigenvalue weighted by atomic mass is 10.1. The van der Waals surface area contributed by atoms with Crippen LogP contribution in [-0.4, -0.2) is 47.0 Å². The predicted octanol–water partition coefficient (Wildman–Crippen LogP) is 2.38. The van der Waals surface area contributed by atoms with Crippen LogP contribution in [0.3, 0.4) is 0 Å². The fourth-order valence-electron chi connectivity index (χ4n) is 3.57. The van der Waals surface area contributed by atoms with Crippen LogP contribution in [0.2, 0.25) is 0 Å². The Balaban J connectivity index is 1.34. The molecular weight excluding hydrogens is 319 g/mol. The number of carbonyl (C=O) groups excluding carboxylic acids is 1. The second-order valence-electron chi connectivity index (χ2n) is 6.88. The van der Waals surface area contributed by atoms with Crippen molar-refractivity contribution in [3.8, 4) is 0 Å². The molecule has 1 aromatic heterocycles. The molecular formula is C19H21FN4O. The number of nitrogens with zero attached hydrogens (tertiary/aromatic N) is 4. The van der Waals surface area contributed by atoms with Crippen LogP contribution in [0.15, 0.2) is 36.7 Å². The highest BCUT2D eigenvalue weighted by Gasteiger charge is 2.46. The SMILES string of the molecule is Cc1cccc([C@H]2C[C@H]2C(=O)N2CCN(c3ncc(F)cn3)CC2)c1. The molecule has 0 radical (unpaired) electrons. The largest absolute Gasteiger partial charge is 0.339 e. The summed E-state index contributed by atoms with van der Waals surface area (Å²) < 4.78 is 12.9. The highest BCUT2D eigenvalue weighted by molar-refractivity contribution is 5.83. The summed E-state index contributed by atoms with van der Waals surface area (Å²) in [5, 5.41) is 0. The molecule has 4 rings (SSSR count). The molecule has 2 atom stereocenters. The molecule has 2 heterocycles. The van der Waals surface area contributed by atoms with E-state index in [0.29, 0.717) is 38.0 Å². The van der Waals surface area contributed by atoms with Crippen molar-refractivity contribution in [2.24, 2.45) is 5.92 Å². The molecule has 1 saturated carbocycles. The highest BCUT2D eigenvalue weighted by atomic mass is 19.1. The Morgan fingerprint density at radius 2 is 1.88 bits per heavy atom. The van der Waals surface area contributed by atoms with Gasteiger partial charge >= 0.3 is 0 Å². The van der Waals surface area contributed by atoms with Crippen LogP contribution in [0, 0.1) is 18.7 Å². The molecule has 0 spiro atoms. The number of hydrogen-bond acceptors (Lipinski definition) is 4. The van der Waals surface area contributed by atoms with E-state index in [1.807, 2.05) is 9.80 Å².